The van der Waals surface area contributed by atoms with Crippen molar-refractivity contribution in [1.29, 1.82) is 0 Å². The normalized spacial score (nSPS) is 18.1. The lowest BCUT2D eigenvalue weighted by molar-refractivity contribution is -0.387. The van der Waals surface area contributed by atoms with E-state index in [1.165, 1.54) is 24.3 Å². The van der Waals surface area contributed by atoms with Crippen LogP contribution in [0.3, 0.4) is 0 Å². The molecule has 0 saturated carbocycles. The van der Waals surface area contributed by atoms with Crippen molar-refractivity contribution >= 4 is 21.5 Å². The second kappa shape index (κ2) is 6.95. The van der Waals surface area contributed by atoms with Gasteiger partial charge in [-0.25, -0.2) is 8.42 Å². The maximum atomic E-state index is 13.0. The molecule has 0 N–H and O–H groups in total. The maximum Gasteiger partial charge on any atom is 0.289 e. The van der Waals surface area contributed by atoms with E-state index < -0.39 is 31.6 Å². The molecule has 1 aromatic rings. The van der Waals surface area contributed by atoms with Crippen LogP contribution >= 0.6 is 0 Å². The molecule has 126 valence electrons. The van der Waals surface area contributed by atoms with Gasteiger partial charge < -0.3 is 0 Å². The zero-order valence-corrected chi connectivity index (χ0v) is 13.8. The fraction of sp³-hybridized carbons (Fsp3) is 0.312. The van der Waals surface area contributed by atoms with Crippen LogP contribution in [0, 0.1) is 22.5 Å². The molecular weight excluding hydrogens is 332 g/mol. The Kier molecular flexibility index (Phi) is 5.17. The van der Waals surface area contributed by atoms with Gasteiger partial charge in [0.15, 0.2) is 10.7 Å². The number of rotatable bonds is 5. The minimum Gasteiger partial charge on any atom is -0.295 e. The lowest BCUT2D eigenvalue weighted by Crippen LogP contribution is -2.43. The summed E-state index contributed by atoms with van der Waals surface area (Å²) in [5.74, 6) is 2.21. The highest BCUT2D eigenvalue weighted by Gasteiger charge is 2.37. The summed E-state index contributed by atoms with van der Waals surface area (Å²) in [4.78, 5) is 21.5. The van der Waals surface area contributed by atoms with E-state index >= 15 is 0 Å². The van der Waals surface area contributed by atoms with Crippen LogP contribution in [0.1, 0.15) is 19.8 Å². The van der Waals surface area contributed by atoms with Gasteiger partial charge in [0, 0.05) is 18.5 Å². The summed E-state index contributed by atoms with van der Waals surface area (Å²) in [6.07, 6.45) is 7.20. The third-order valence-electron chi connectivity index (χ3n) is 3.82. The van der Waals surface area contributed by atoms with Crippen molar-refractivity contribution in [3.63, 3.8) is 0 Å². The van der Waals surface area contributed by atoms with Crippen molar-refractivity contribution in [3.05, 3.63) is 46.0 Å². The summed E-state index contributed by atoms with van der Waals surface area (Å²) in [5.41, 5.74) is 0.0664. The van der Waals surface area contributed by atoms with Crippen molar-refractivity contribution < 1.29 is 18.1 Å². The summed E-state index contributed by atoms with van der Waals surface area (Å²) in [6.45, 7) is 1.42. The Balaban J connectivity index is 2.56. The van der Waals surface area contributed by atoms with Crippen LogP contribution in [-0.4, -0.2) is 36.0 Å². The number of ketones is 1. The van der Waals surface area contributed by atoms with Crippen LogP contribution < -0.4 is 0 Å². The Morgan fingerprint density at radius 2 is 2.08 bits per heavy atom. The van der Waals surface area contributed by atoms with Gasteiger partial charge in [0.1, 0.15) is 0 Å². The first-order valence-corrected chi connectivity index (χ1v) is 8.62. The van der Waals surface area contributed by atoms with Crippen molar-refractivity contribution in [2.24, 2.45) is 0 Å². The summed E-state index contributed by atoms with van der Waals surface area (Å²) < 4.78 is 27.0. The molecule has 0 radical (unpaired) electrons. The summed E-state index contributed by atoms with van der Waals surface area (Å²) >= 11 is 0. The van der Waals surface area contributed by atoms with E-state index in [0.29, 0.717) is 12.0 Å². The number of para-hydroxylation sites is 1. The summed E-state index contributed by atoms with van der Waals surface area (Å²) in [7, 11) is -4.19. The van der Waals surface area contributed by atoms with Crippen LogP contribution in [0.15, 0.2) is 40.8 Å². The van der Waals surface area contributed by atoms with Gasteiger partial charge in [-0.1, -0.05) is 23.6 Å². The molecule has 2 rings (SSSR count). The lowest BCUT2D eigenvalue weighted by Gasteiger charge is -2.31. The van der Waals surface area contributed by atoms with Crippen LogP contribution in [0.4, 0.5) is 5.69 Å². The quantitative estimate of drug-likeness (QED) is 0.460. The molecule has 8 heteroatoms. The molecule has 0 aromatic heterocycles. The number of nitrogens with zero attached hydrogens (tertiary/aromatic N) is 2. The first-order chi connectivity index (χ1) is 11.3. The molecule has 7 nitrogen and oxygen atoms in total. The van der Waals surface area contributed by atoms with Gasteiger partial charge in [-0.15, -0.1) is 6.42 Å². The third kappa shape index (κ3) is 3.37. The number of hydrogen-bond acceptors (Lipinski definition) is 5. The van der Waals surface area contributed by atoms with E-state index in [1.807, 2.05) is 0 Å². The molecule has 0 fully saturated rings. The van der Waals surface area contributed by atoms with Crippen molar-refractivity contribution in [2.75, 3.05) is 6.54 Å². The molecular formula is C16H16N2O5S. The molecule has 0 spiro atoms. The first kappa shape index (κ1) is 17.8. The van der Waals surface area contributed by atoms with E-state index in [0.717, 1.165) is 10.4 Å². The first-order valence-electron chi connectivity index (χ1n) is 7.18. The topological polar surface area (TPSA) is 97.6 Å². The lowest BCUT2D eigenvalue weighted by atomic mass is 9.94. The number of sulfonamides is 1. The standard InChI is InChI=1S/C16H16N2O5S/c1-3-10-17(14-9-8-13(19)11-12(14)2)24(22,23)16-7-5-4-6-15(16)18(20)21/h1,4-7,11,14H,8-10H2,2H3/t14-/m1/s1. The fourth-order valence-corrected chi connectivity index (χ4v) is 4.47. The second-order valence-electron chi connectivity index (χ2n) is 5.39. The van der Waals surface area contributed by atoms with Gasteiger partial charge >= 0.3 is 0 Å². The van der Waals surface area contributed by atoms with Crippen LogP contribution in [0.25, 0.3) is 0 Å². The number of nitro benzene ring substituents is 1. The molecule has 0 heterocycles. The Morgan fingerprint density at radius 3 is 2.67 bits per heavy atom. The Labute approximate surface area is 140 Å². The summed E-state index contributed by atoms with van der Waals surface area (Å²) in [5, 5.41) is 11.2. The van der Waals surface area contributed by atoms with Gasteiger partial charge in [-0.05, 0) is 25.5 Å². The molecule has 1 aliphatic rings. The monoisotopic (exact) mass is 348 g/mol. The largest absolute Gasteiger partial charge is 0.295 e. The highest BCUT2D eigenvalue weighted by molar-refractivity contribution is 7.89. The minimum atomic E-state index is -4.19. The SMILES string of the molecule is C#CCN([C@@H]1CCC(=O)C=C1C)S(=O)(=O)c1ccccc1[N+](=O)[O-]. The van der Waals surface area contributed by atoms with Crippen molar-refractivity contribution in [2.45, 2.75) is 30.7 Å². The number of allylic oxidation sites excluding steroid dienone is 1. The van der Waals surface area contributed by atoms with Gasteiger partial charge in [0.25, 0.3) is 15.7 Å². The number of carbonyl (C=O) groups is 1. The second-order valence-corrected chi connectivity index (χ2v) is 7.25. The predicted molar refractivity (Wildman–Crippen MR) is 87.6 cm³/mol. The number of terminal acetylenes is 1. The maximum absolute atomic E-state index is 13.0. The summed E-state index contributed by atoms with van der Waals surface area (Å²) in [6, 6.07) is 4.54. The van der Waals surface area contributed by atoms with Crippen LogP contribution in [0.2, 0.25) is 0 Å². The molecule has 0 saturated heterocycles. The van der Waals surface area contributed by atoms with E-state index in [4.69, 9.17) is 6.42 Å². The molecule has 0 unspecified atom stereocenters. The minimum absolute atomic E-state index is 0.0764. The molecule has 1 aromatic carbocycles. The average molecular weight is 348 g/mol. The van der Waals surface area contributed by atoms with E-state index in [1.54, 1.807) is 6.92 Å². The van der Waals surface area contributed by atoms with Gasteiger partial charge in [0.2, 0.25) is 0 Å². The zero-order valence-electron chi connectivity index (χ0n) is 13.0. The number of hydrogen-bond donors (Lipinski definition) is 0. The highest BCUT2D eigenvalue weighted by atomic mass is 32.2. The Morgan fingerprint density at radius 1 is 1.42 bits per heavy atom. The van der Waals surface area contributed by atoms with Gasteiger partial charge in [-0.2, -0.15) is 4.31 Å². The number of nitro groups is 1. The van der Waals surface area contributed by atoms with Gasteiger partial charge in [-0.3, -0.25) is 14.9 Å². The van der Waals surface area contributed by atoms with Crippen LogP contribution in [0.5, 0.6) is 0 Å². The molecule has 1 atom stereocenters. The molecule has 0 amide bonds. The van der Waals surface area contributed by atoms with E-state index in [2.05, 4.69) is 5.92 Å². The molecule has 24 heavy (non-hydrogen) atoms. The third-order valence-corrected chi connectivity index (χ3v) is 5.72. The van der Waals surface area contributed by atoms with E-state index in [9.17, 15) is 23.3 Å². The number of benzene rings is 1. The zero-order chi connectivity index (χ0) is 17.9. The molecule has 1 aliphatic carbocycles. The molecule has 0 bridgehead atoms. The van der Waals surface area contributed by atoms with E-state index in [-0.39, 0.29) is 18.7 Å². The molecule has 0 aliphatic heterocycles. The van der Waals surface area contributed by atoms with Gasteiger partial charge in [0.05, 0.1) is 11.5 Å². The highest BCUT2D eigenvalue weighted by Crippen LogP contribution is 2.31. The van der Waals surface area contributed by atoms with Crippen LogP contribution in [-0.2, 0) is 14.8 Å². The van der Waals surface area contributed by atoms with Crippen molar-refractivity contribution in [1.82, 2.24) is 4.31 Å². The Bertz CT molecular complexity index is 851. The average Bonchev–Trinajstić information content (AvgIpc) is 2.53. The smallest absolute Gasteiger partial charge is 0.289 e. The number of carbonyl (C=O) groups excluding carboxylic acids is 1. The fourth-order valence-electron chi connectivity index (χ4n) is 2.71. The predicted octanol–water partition coefficient (Wildman–Crippen LogP) is 1.90. The Hall–Kier alpha value is -2.50. The van der Waals surface area contributed by atoms with Crippen molar-refractivity contribution in [3.8, 4) is 12.3 Å².